The zero-order valence-electron chi connectivity index (χ0n) is 14.4. The van der Waals surface area contributed by atoms with Crippen molar-refractivity contribution >= 4 is 23.2 Å². The Morgan fingerprint density at radius 1 is 0.960 bits per heavy atom. The average molecular weight is 363 g/mol. The Kier molecular flexibility index (Phi) is 6.25. The fourth-order valence-electron chi connectivity index (χ4n) is 2.17. The third kappa shape index (κ3) is 4.42. The van der Waals surface area contributed by atoms with Crippen molar-refractivity contribution in [2.24, 2.45) is 5.10 Å². The molecule has 0 atom stereocenters. The van der Waals surface area contributed by atoms with E-state index >= 15 is 0 Å². The van der Waals surface area contributed by atoms with Gasteiger partial charge < -0.3 is 14.2 Å². The van der Waals surface area contributed by atoms with E-state index in [-0.39, 0.29) is 0 Å². The summed E-state index contributed by atoms with van der Waals surface area (Å²) >= 11 is 5.86. The number of nitrogens with zero attached hydrogens (tertiary/aromatic N) is 1. The van der Waals surface area contributed by atoms with Crippen LogP contribution in [0.2, 0.25) is 5.02 Å². The van der Waals surface area contributed by atoms with E-state index in [1.165, 1.54) is 21.3 Å². The first-order chi connectivity index (χ1) is 12.0. The van der Waals surface area contributed by atoms with Crippen LogP contribution in [-0.2, 0) is 0 Å². The molecule has 0 heterocycles. The van der Waals surface area contributed by atoms with Gasteiger partial charge in [-0.25, -0.2) is 5.43 Å². The van der Waals surface area contributed by atoms with E-state index in [2.05, 4.69) is 10.5 Å². The molecule has 0 spiro atoms. The maximum Gasteiger partial charge on any atom is 0.271 e. The van der Waals surface area contributed by atoms with E-state index in [0.29, 0.717) is 33.5 Å². The molecule has 2 aromatic rings. The predicted molar refractivity (Wildman–Crippen MR) is 97.2 cm³/mol. The van der Waals surface area contributed by atoms with Crippen molar-refractivity contribution in [2.45, 2.75) is 6.92 Å². The molecule has 0 saturated heterocycles. The summed E-state index contributed by atoms with van der Waals surface area (Å²) in [6, 6.07) is 10.3. The second kappa shape index (κ2) is 8.39. The second-order valence-electron chi connectivity index (χ2n) is 5.06. The van der Waals surface area contributed by atoms with Crippen LogP contribution in [0.3, 0.4) is 0 Å². The summed E-state index contributed by atoms with van der Waals surface area (Å²) in [5.41, 5.74) is 4.36. The fraction of sp³-hybridized carbons (Fsp3) is 0.222. The van der Waals surface area contributed by atoms with Crippen LogP contribution in [0.5, 0.6) is 17.2 Å². The lowest BCUT2D eigenvalue weighted by Gasteiger charge is -2.13. The van der Waals surface area contributed by atoms with Crippen LogP contribution in [0.4, 0.5) is 0 Å². The highest BCUT2D eigenvalue weighted by molar-refractivity contribution is 6.30. The Labute approximate surface area is 151 Å². The molecule has 7 heteroatoms. The third-order valence-corrected chi connectivity index (χ3v) is 3.77. The molecule has 6 nitrogen and oxygen atoms in total. The Bertz CT molecular complexity index is 763. The van der Waals surface area contributed by atoms with Crippen LogP contribution >= 0.6 is 11.6 Å². The largest absolute Gasteiger partial charge is 0.493 e. The molecule has 0 aliphatic heterocycles. The summed E-state index contributed by atoms with van der Waals surface area (Å²) in [7, 11) is 4.48. The number of hydrogen-bond donors (Lipinski definition) is 1. The van der Waals surface area contributed by atoms with Gasteiger partial charge in [-0.3, -0.25) is 4.79 Å². The summed E-state index contributed by atoms with van der Waals surface area (Å²) in [6.45, 7) is 1.79. The number of benzene rings is 2. The molecule has 1 N–H and O–H groups in total. The van der Waals surface area contributed by atoms with E-state index in [4.69, 9.17) is 25.8 Å². The molecular formula is C18H19ClN2O4. The molecule has 0 aliphatic rings. The quantitative estimate of drug-likeness (QED) is 0.630. The monoisotopic (exact) mass is 362 g/mol. The minimum atomic E-state index is -0.396. The lowest BCUT2D eigenvalue weighted by Crippen LogP contribution is -2.19. The van der Waals surface area contributed by atoms with Gasteiger partial charge in [0.05, 0.1) is 27.0 Å². The van der Waals surface area contributed by atoms with Crippen molar-refractivity contribution < 1.29 is 19.0 Å². The van der Waals surface area contributed by atoms with Gasteiger partial charge in [-0.05, 0) is 36.8 Å². The van der Waals surface area contributed by atoms with Crippen LogP contribution in [0.1, 0.15) is 22.8 Å². The third-order valence-electron chi connectivity index (χ3n) is 3.51. The standard InChI is InChI=1S/C18H19ClN2O4/c1-11(12-5-7-14(19)8-6-12)20-21-18(22)13-9-15(23-2)17(25-4)16(10-13)24-3/h5-10H,1-4H3,(H,21,22). The minimum absolute atomic E-state index is 0.335. The van der Waals surface area contributed by atoms with Crippen LogP contribution in [0.25, 0.3) is 0 Å². The number of nitrogens with one attached hydrogen (secondary N) is 1. The maximum atomic E-state index is 12.4. The summed E-state index contributed by atoms with van der Waals surface area (Å²) in [4.78, 5) is 12.4. The second-order valence-corrected chi connectivity index (χ2v) is 5.50. The lowest BCUT2D eigenvalue weighted by molar-refractivity contribution is 0.0954. The molecule has 0 aliphatic carbocycles. The van der Waals surface area contributed by atoms with Gasteiger partial charge in [0.1, 0.15) is 0 Å². The molecule has 0 aromatic heterocycles. The SMILES string of the molecule is COc1cc(C(=O)NN=C(C)c2ccc(Cl)cc2)cc(OC)c1OC. The minimum Gasteiger partial charge on any atom is -0.493 e. The summed E-state index contributed by atoms with van der Waals surface area (Å²) in [6.07, 6.45) is 0. The normalized spacial score (nSPS) is 11.0. The van der Waals surface area contributed by atoms with E-state index in [1.54, 1.807) is 31.2 Å². The number of ether oxygens (including phenoxy) is 3. The van der Waals surface area contributed by atoms with E-state index in [0.717, 1.165) is 5.56 Å². The molecule has 0 saturated carbocycles. The van der Waals surface area contributed by atoms with Crippen LogP contribution in [0.15, 0.2) is 41.5 Å². The molecule has 132 valence electrons. The number of hydrogen-bond acceptors (Lipinski definition) is 5. The van der Waals surface area contributed by atoms with Gasteiger partial charge in [0.15, 0.2) is 11.5 Å². The molecule has 0 radical (unpaired) electrons. The van der Waals surface area contributed by atoms with Gasteiger partial charge in [-0.15, -0.1) is 0 Å². The molecule has 0 bridgehead atoms. The zero-order chi connectivity index (χ0) is 18.4. The van der Waals surface area contributed by atoms with E-state index in [1.807, 2.05) is 12.1 Å². The number of halogens is 1. The number of rotatable bonds is 6. The van der Waals surface area contributed by atoms with Gasteiger partial charge in [0, 0.05) is 10.6 Å². The number of methoxy groups -OCH3 is 3. The van der Waals surface area contributed by atoms with Crippen LogP contribution < -0.4 is 19.6 Å². The summed E-state index contributed by atoms with van der Waals surface area (Å²) in [5.74, 6) is 0.811. The first-order valence-corrected chi connectivity index (χ1v) is 7.78. The predicted octanol–water partition coefficient (Wildman–Crippen LogP) is 3.52. The Balaban J connectivity index is 2.23. The highest BCUT2D eigenvalue weighted by atomic mass is 35.5. The van der Waals surface area contributed by atoms with Gasteiger partial charge in [-0.1, -0.05) is 23.7 Å². The Morgan fingerprint density at radius 3 is 2.00 bits per heavy atom. The van der Waals surface area contributed by atoms with Crippen molar-refractivity contribution in [3.05, 3.63) is 52.5 Å². The number of hydrazone groups is 1. The molecular weight excluding hydrogens is 344 g/mol. The van der Waals surface area contributed by atoms with Crippen molar-refractivity contribution in [3.8, 4) is 17.2 Å². The molecule has 25 heavy (non-hydrogen) atoms. The van der Waals surface area contributed by atoms with Crippen LogP contribution in [0, 0.1) is 0 Å². The highest BCUT2D eigenvalue weighted by Gasteiger charge is 2.16. The smallest absolute Gasteiger partial charge is 0.271 e. The fourth-order valence-corrected chi connectivity index (χ4v) is 2.29. The van der Waals surface area contributed by atoms with Gasteiger partial charge >= 0.3 is 0 Å². The van der Waals surface area contributed by atoms with E-state index < -0.39 is 5.91 Å². The zero-order valence-corrected chi connectivity index (χ0v) is 15.2. The Morgan fingerprint density at radius 2 is 1.52 bits per heavy atom. The molecule has 2 rings (SSSR count). The van der Waals surface area contributed by atoms with E-state index in [9.17, 15) is 4.79 Å². The first-order valence-electron chi connectivity index (χ1n) is 7.40. The van der Waals surface area contributed by atoms with Gasteiger partial charge in [-0.2, -0.15) is 5.10 Å². The number of carbonyl (C=O) groups excluding carboxylic acids is 1. The highest BCUT2D eigenvalue weighted by Crippen LogP contribution is 2.38. The Hall–Kier alpha value is -2.73. The van der Waals surface area contributed by atoms with Crippen LogP contribution in [-0.4, -0.2) is 32.9 Å². The maximum absolute atomic E-state index is 12.4. The lowest BCUT2D eigenvalue weighted by atomic mass is 10.1. The summed E-state index contributed by atoms with van der Waals surface area (Å²) < 4.78 is 15.7. The van der Waals surface area contributed by atoms with Crippen molar-refractivity contribution in [3.63, 3.8) is 0 Å². The van der Waals surface area contributed by atoms with Crippen molar-refractivity contribution in [2.75, 3.05) is 21.3 Å². The number of carbonyl (C=O) groups is 1. The van der Waals surface area contributed by atoms with Gasteiger partial charge in [0.2, 0.25) is 5.75 Å². The molecule has 0 unspecified atom stereocenters. The first kappa shape index (κ1) is 18.6. The topological polar surface area (TPSA) is 69.2 Å². The van der Waals surface area contributed by atoms with Crippen molar-refractivity contribution in [1.82, 2.24) is 5.43 Å². The molecule has 0 fully saturated rings. The molecule has 2 aromatic carbocycles. The van der Waals surface area contributed by atoms with Gasteiger partial charge in [0.25, 0.3) is 5.91 Å². The average Bonchev–Trinajstić information content (AvgIpc) is 2.64. The summed E-state index contributed by atoms with van der Waals surface area (Å²) in [5, 5.41) is 4.75. The van der Waals surface area contributed by atoms with Crippen molar-refractivity contribution in [1.29, 1.82) is 0 Å². The molecule has 1 amide bonds. The number of amides is 1.